The number of carbonyl (C=O) groups is 2. The summed E-state index contributed by atoms with van der Waals surface area (Å²) >= 11 is 0. The maximum atomic E-state index is 13.0. The number of amides is 1. The molecule has 2 atom stereocenters. The first kappa shape index (κ1) is 20.3. The van der Waals surface area contributed by atoms with E-state index in [4.69, 9.17) is 0 Å². The van der Waals surface area contributed by atoms with Crippen LogP contribution in [-0.2, 0) is 9.59 Å². The molecule has 5 nitrogen and oxygen atoms in total. The molecule has 28 heavy (non-hydrogen) atoms. The topological polar surface area (TPSA) is 60.9 Å². The second-order valence-electron chi connectivity index (χ2n) is 7.96. The standard InChI is InChI=1S/C23H30N2O3/c1-17-15-20(21(23(27)28)16-18(17)2)22(26)25-13-11-24(12-14-25)10-6-9-19-7-4-3-5-8-19/h3-9,20-21H,10-16H2,1-2H3,(H,27,28)/b9-6-/t20-,21-/m0/s1. The molecule has 2 aliphatic rings. The Hall–Kier alpha value is -2.40. The molecule has 1 heterocycles. The monoisotopic (exact) mass is 382 g/mol. The molecule has 1 aromatic rings. The van der Waals surface area contributed by atoms with Gasteiger partial charge in [0.2, 0.25) is 5.91 Å². The molecule has 0 unspecified atom stereocenters. The van der Waals surface area contributed by atoms with Gasteiger partial charge >= 0.3 is 5.97 Å². The molecule has 150 valence electrons. The fourth-order valence-electron chi connectivity index (χ4n) is 4.10. The van der Waals surface area contributed by atoms with Crippen molar-refractivity contribution in [2.45, 2.75) is 26.7 Å². The molecule has 1 aliphatic carbocycles. The van der Waals surface area contributed by atoms with Crippen LogP contribution >= 0.6 is 0 Å². The lowest BCUT2D eigenvalue weighted by molar-refractivity contribution is -0.151. The van der Waals surface area contributed by atoms with Gasteiger partial charge < -0.3 is 10.0 Å². The van der Waals surface area contributed by atoms with Gasteiger partial charge in [-0.05, 0) is 32.3 Å². The Morgan fingerprint density at radius 2 is 1.61 bits per heavy atom. The summed E-state index contributed by atoms with van der Waals surface area (Å²) < 4.78 is 0. The van der Waals surface area contributed by atoms with Gasteiger partial charge in [0.1, 0.15) is 0 Å². The SMILES string of the molecule is CC1=C(C)C[C@H](C(=O)N2CCN(C/C=C\c3ccccc3)CC2)[C@@H](C(=O)O)C1. The zero-order valence-corrected chi connectivity index (χ0v) is 16.8. The quantitative estimate of drug-likeness (QED) is 0.794. The molecule has 0 saturated carbocycles. The van der Waals surface area contributed by atoms with Crippen LogP contribution < -0.4 is 0 Å². The minimum absolute atomic E-state index is 0.0127. The Kier molecular flexibility index (Phi) is 6.68. The van der Waals surface area contributed by atoms with Crippen LogP contribution in [0.3, 0.4) is 0 Å². The third-order valence-electron chi connectivity index (χ3n) is 6.06. The fraction of sp³-hybridized carbons (Fsp3) is 0.478. The lowest BCUT2D eigenvalue weighted by Gasteiger charge is -2.38. The Morgan fingerprint density at radius 3 is 2.21 bits per heavy atom. The van der Waals surface area contributed by atoms with Gasteiger partial charge in [0, 0.05) is 32.7 Å². The Balaban J connectivity index is 1.53. The van der Waals surface area contributed by atoms with E-state index < -0.39 is 17.8 Å². The van der Waals surface area contributed by atoms with E-state index in [1.165, 1.54) is 11.1 Å². The summed E-state index contributed by atoms with van der Waals surface area (Å²) in [5, 5.41) is 9.58. The Labute approximate surface area is 167 Å². The predicted octanol–water partition coefficient (Wildman–Crippen LogP) is 3.29. The normalized spacial score (nSPS) is 24.0. The molecule has 1 fully saturated rings. The van der Waals surface area contributed by atoms with Gasteiger partial charge in [0.05, 0.1) is 11.8 Å². The van der Waals surface area contributed by atoms with Crippen molar-refractivity contribution in [2.75, 3.05) is 32.7 Å². The highest BCUT2D eigenvalue weighted by Gasteiger charge is 2.39. The maximum absolute atomic E-state index is 13.0. The molecule has 0 bridgehead atoms. The van der Waals surface area contributed by atoms with Crippen LogP contribution in [0.5, 0.6) is 0 Å². The summed E-state index contributed by atoms with van der Waals surface area (Å²) in [5.41, 5.74) is 3.47. The van der Waals surface area contributed by atoms with Gasteiger partial charge in [-0.1, -0.05) is 53.6 Å². The van der Waals surface area contributed by atoms with Gasteiger partial charge in [-0.2, -0.15) is 0 Å². The van der Waals surface area contributed by atoms with Crippen LogP contribution in [0.4, 0.5) is 0 Å². The van der Waals surface area contributed by atoms with E-state index in [9.17, 15) is 14.7 Å². The van der Waals surface area contributed by atoms with Crippen LogP contribution in [0.15, 0.2) is 47.6 Å². The van der Waals surface area contributed by atoms with E-state index in [-0.39, 0.29) is 5.91 Å². The first-order valence-corrected chi connectivity index (χ1v) is 10.1. The third-order valence-corrected chi connectivity index (χ3v) is 6.06. The molecule has 1 saturated heterocycles. The summed E-state index contributed by atoms with van der Waals surface area (Å²) in [7, 11) is 0. The van der Waals surface area contributed by atoms with Gasteiger partial charge in [-0.25, -0.2) is 0 Å². The highest BCUT2D eigenvalue weighted by atomic mass is 16.4. The van der Waals surface area contributed by atoms with Gasteiger partial charge in [0.15, 0.2) is 0 Å². The first-order chi connectivity index (χ1) is 13.5. The number of carboxylic acid groups (broad SMARTS) is 1. The van der Waals surface area contributed by atoms with Crippen molar-refractivity contribution in [3.05, 3.63) is 53.1 Å². The molecule has 3 rings (SSSR count). The predicted molar refractivity (Wildman–Crippen MR) is 111 cm³/mol. The molecule has 1 amide bonds. The number of aliphatic carboxylic acids is 1. The number of benzene rings is 1. The summed E-state index contributed by atoms with van der Waals surface area (Å²) in [4.78, 5) is 28.9. The molecule has 1 aromatic carbocycles. The number of carbonyl (C=O) groups excluding carboxylic acids is 1. The number of rotatable bonds is 5. The van der Waals surface area contributed by atoms with Crippen molar-refractivity contribution in [1.29, 1.82) is 0 Å². The molecular weight excluding hydrogens is 352 g/mol. The van der Waals surface area contributed by atoms with Crippen molar-refractivity contribution in [3.8, 4) is 0 Å². The zero-order valence-electron chi connectivity index (χ0n) is 16.8. The number of hydrogen-bond donors (Lipinski definition) is 1. The summed E-state index contributed by atoms with van der Waals surface area (Å²) in [6.07, 6.45) is 5.34. The van der Waals surface area contributed by atoms with Gasteiger partial charge in [0.25, 0.3) is 0 Å². The van der Waals surface area contributed by atoms with E-state index in [1.807, 2.05) is 36.9 Å². The molecule has 5 heteroatoms. The molecule has 0 radical (unpaired) electrons. The number of allylic oxidation sites excluding steroid dienone is 2. The average molecular weight is 383 g/mol. The largest absolute Gasteiger partial charge is 0.481 e. The lowest BCUT2D eigenvalue weighted by atomic mass is 9.76. The number of carboxylic acids is 1. The number of nitrogens with zero attached hydrogens (tertiary/aromatic N) is 2. The van der Waals surface area contributed by atoms with E-state index >= 15 is 0 Å². The second-order valence-corrected chi connectivity index (χ2v) is 7.96. The van der Waals surface area contributed by atoms with E-state index in [0.717, 1.165) is 25.2 Å². The molecule has 1 aliphatic heterocycles. The van der Waals surface area contributed by atoms with Crippen molar-refractivity contribution in [1.82, 2.24) is 9.80 Å². The molecule has 0 aromatic heterocycles. The number of hydrogen-bond acceptors (Lipinski definition) is 3. The third kappa shape index (κ3) is 4.90. The minimum atomic E-state index is -0.852. The summed E-state index contributed by atoms with van der Waals surface area (Å²) in [5.74, 6) is -1.86. The van der Waals surface area contributed by atoms with Gasteiger partial charge in [-0.3, -0.25) is 14.5 Å². The van der Waals surface area contributed by atoms with Crippen LogP contribution in [0.25, 0.3) is 6.08 Å². The Morgan fingerprint density at radius 1 is 1.00 bits per heavy atom. The average Bonchev–Trinajstić information content (AvgIpc) is 2.70. The number of piperazine rings is 1. The highest BCUT2D eigenvalue weighted by molar-refractivity contribution is 5.85. The van der Waals surface area contributed by atoms with Crippen LogP contribution in [-0.4, -0.2) is 59.5 Å². The van der Waals surface area contributed by atoms with E-state index in [0.29, 0.717) is 25.9 Å². The summed E-state index contributed by atoms with van der Waals surface area (Å²) in [6.45, 7) is 7.84. The van der Waals surface area contributed by atoms with Crippen molar-refractivity contribution >= 4 is 18.0 Å². The van der Waals surface area contributed by atoms with Crippen LogP contribution in [0.1, 0.15) is 32.3 Å². The van der Waals surface area contributed by atoms with Crippen LogP contribution in [0.2, 0.25) is 0 Å². The molecule has 0 spiro atoms. The fourth-order valence-corrected chi connectivity index (χ4v) is 4.10. The maximum Gasteiger partial charge on any atom is 0.307 e. The van der Waals surface area contributed by atoms with Crippen molar-refractivity contribution in [3.63, 3.8) is 0 Å². The molecular formula is C23H30N2O3. The molecule has 1 N–H and O–H groups in total. The van der Waals surface area contributed by atoms with E-state index in [1.54, 1.807) is 0 Å². The second kappa shape index (κ2) is 9.20. The Bertz CT molecular complexity index is 761. The van der Waals surface area contributed by atoms with E-state index in [2.05, 4.69) is 29.2 Å². The van der Waals surface area contributed by atoms with Crippen molar-refractivity contribution in [2.24, 2.45) is 11.8 Å². The first-order valence-electron chi connectivity index (χ1n) is 10.1. The highest BCUT2D eigenvalue weighted by Crippen LogP contribution is 2.35. The summed E-state index contributed by atoms with van der Waals surface area (Å²) in [6, 6.07) is 10.2. The lowest BCUT2D eigenvalue weighted by Crippen LogP contribution is -2.52. The van der Waals surface area contributed by atoms with Crippen molar-refractivity contribution < 1.29 is 14.7 Å². The van der Waals surface area contributed by atoms with Crippen LogP contribution in [0, 0.1) is 11.8 Å². The van der Waals surface area contributed by atoms with Gasteiger partial charge in [-0.15, -0.1) is 0 Å². The minimum Gasteiger partial charge on any atom is -0.481 e. The smallest absolute Gasteiger partial charge is 0.307 e. The zero-order chi connectivity index (χ0) is 20.1.